The summed E-state index contributed by atoms with van der Waals surface area (Å²) < 4.78 is 2.19. The van der Waals surface area contributed by atoms with Gasteiger partial charge in [-0.3, -0.25) is 4.79 Å². The molecule has 1 atom stereocenters. The maximum Gasteiger partial charge on any atom is 0.272 e. The van der Waals surface area contributed by atoms with Crippen molar-refractivity contribution in [1.82, 2.24) is 19.4 Å². The van der Waals surface area contributed by atoms with Crippen LogP contribution in [-0.2, 0) is 13.0 Å². The van der Waals surface area contributed by atoms with Gasteiger partial charge in [-0.2, -0.15) is 0 Å². The van der Waals surface area contributed by atoms with Crippen molar-refractivity contribution in [2.45, 2.75) is 26.3 Å². The van der Waals surface area contributed by atoms with Crippen molar-refractivity contribution in [1.29, 1.82) is 0 Å². The number of aryl methyl sites for hydroxylation is 2. The standard InChI is InChI=1S/C16H20N4O/c1-12-4-3-5-14(18-12)16(21)19(2)11-13-6-8-20-9-7-17-15(20)10-13/h3-5,7,9,13H,6,8,10-11H2,1-2H3/t13-/m1/s1. The number of imidazole rings is 1. The highest BCUT2D eigenvalue weighted by molar-refractivity contribution is 5.92. The van der Waals surface area contributed by atoms with Gasteiger partial charge in [-0.25, -0.2) is 9.97 Å². The molecular weight excluding hydrogens is 264 g/mol. The predicted octanol–water partition coefficient (Wildman–Crippen LogP) is 1.92. The number of fused-ring (bicyclic) bond motifs is 1. The molecule has 110 valence electrons. The first-order valence-electron chi connectivity index (χ1n) is 7.32. The van der Waals surface area contributed by atoms with Gasteiger partial charge < -0.3 is 9.47 Å². The Morgan fingerprint density at radius 3 is 3.14 bits per heavy atom. The largest absolute Gasteiger partial charge is 0.340 e. The Balaban J connectivity index is 1.64. The molecular formula is C16H20N4O. The maximum atomic E-state index is 12.4. The van der Waals surface area contributed by atoms with Gasteiger partial charge in [0, 0.05) is 44.6 Å². The summed E-state index contributed by atoms with van der Waals surface area (Å²) in [6, 6.07) is 5.55. The van der Waals surface area contributed by atoms with E-state index < -0.39 is 0 Å². The van der Waals surface area contributed by atoms with E-state index >= 15 is 0 Å². The molecule has 1 amide bonds. The fourth-order valence-electron chi connectivity index (χ4n) is 2.90. The Morgan fingerprint density at radius 1 is 1.48 bits per heavy atom. The van der Waals surface area contributed by atoms with Crippen LogP contribution < -0.4 is 0 Å². The van der Waals surface area contributed by atoms with Gasteiger partial charge in [0.05, 0.1) is 0 Å². The Morgan fingerprint density at radius 2 is 2.33 bits per heavy atom. The molecule has 0 saturated carbocycles. The zero-order chi connectivity index (χ0) is 14.8. The third kappa shape index (κ3) is 2.96. The molecule has 0 unspecified atom stereocenters. The number of carbonyl (C=O) groups is 1. The van der Waals surface area contributed by atoms with Gasteiger partial charge in [-0.1, -0.05) is 6.07 Å². The summed E-state index contributed by atoms with van der Waals surface area (Å²) in [5.74, 6) is 1.59. The number of aromatic nitrogens is 3. The van der Waals surface area contributed by atoms with E-state index in [9.17, 15) is 4.79 Å². The molecule has 0 N–H and O–H groups in total. The highest BCUT2D eigenvalue weighted by Crippen LogP contribution is 2.20. The molecule has 0 bridgehead atoms. The average Bonchev–Trinajstić information content (AvgIpc) is 2.94. The number of rotatable bonds is 3. The summed E-state index contributed by atoms with van der Waals surface area (Å²) in [7, 11) is 1.85. The fourth-order valence-corrected chi connectivity index (χ4v) is 2.90. The molecule has 1 aliphatic rings. The molecule has 21 heavy (non-hydrogen) atoms. The first kappa shape index (κ1) is 13.8. The minimum absolute atomic E-state index is 0.00684. The normalized spacial score (nSPS) is 17.3. The summed E-state index contributed by atoms with van der Waals surface area (Å²) in [4.78, 5) is 22.9. The molecule has 3 heterocycles. The van der Waals surface area contributed by atoms with E-state index in [4.69, 9.17) is 0 Å². The van der Waals surface area contributed by atoms with Gasteiger partial charge in [0.25, 0.3) is 5.91 Å². The van der Waals surface area contributed by atoms with Crippen LogP contribution in [-0.4, -0.2) is 38.9 Å². The molecule has 0 aliphatic carbocycles. The van der Waals surface area contributed by atoms with E-state index in [0.29, 0.717) is 11.6 Å². The molecule has 0 saturated heterocycles. The molecule has 0 aromatic carbocycles. The lowest BCUT2D eigenvalue weighted by molar-refractivity contribution is 0.0758. The smallest absolute Gasteiger partial charge is 0.272 e. The molecule has 3 rings (SSSR count). The second kappa shape index (κ2) is 5.68. The summed E-state index contributed by atoms with van der Waals surface area (Å²) in [6.45, 7) is 3.64. The maximum absolute atomic E-state index is 12.4. The Hall–Kier alpha value is -2.17. The van der Waals surface area contributed by atoms with Crippen molar-refractivity contribution in [2.75, 3.05) is 13.6 Å². The molecule has 0 spiro atoms. The van der Waals surface area contributed by atoms with Gasteiger partial charge in [-0.15, -0.1) is 0 Å². The van der Waals surface area contributed by atoms with Gasteiger partial charge in [-0.05, 0) is 31.4 Å². The zero-order valence-corrected chi connectivity index (χ0v) is 12.5. The van der Waals surface area contributed by atoms with Crippen LogP contribution in [0.5, 0.6) is 0 Å². The predicted molar refractivity (Wildman–Crippen MR) is 80.0 cm³/mol. The minimum atomic E-state index is -0.00684. The third-order valence-electron chi connectivity index (χ3n) is 4.04. The van der Waals surface area contributed by atoms with Crippen LogP contribution in [0.3, 0.4) is 0 Å². The fraction of sp³-hybridized carbons (Fsp3) is 0.438. The molecule has 2 aromatic rings. The SMILES string of the molecule is Cc1cccc(C(=O)N(C)C[C@@H]2CCn3ccnc3C2)n1. The van der Waals surface area contributed by atoms with E-state index in [1.54, 1.807) is 11.0 Å². The van der Waals surface area contributed by atoms with E-state index in [0.717, 1.165) is 37.4 Å². The van der Waals surface area contributed by atoms with E-state index in [1.165, 1.54) is 0 Å². The molecule has 5 nitrogen and oxygen atoms in total. The first-order valence-corrected chi connectivity index (χ1v) is 7.32. The van der Waals surface area contributed by atoms with Crippen molar-refractivity contribution >= 4 is 5.91 Å². The number of nitrogens with zero attached hydrogens (tertiary/aromatic N) is 4. The second-order valence-electron chi connectivity index (χ2n) is 5.75. The quantitative estimate of drug-likeness (QED) is 0.865. The first-order chi connectivity index (χ1) is 10.1. The zero-order valence-electron chi connectivity index (χ0n) is 12.5. The average molecular weight is 284 g/mol. The molecule has 0 radical (unpaired) electrons. The number of hydrogen-bond acceptors (Lipinski definition) is 3. The van der Waals surface area contributed by atoms with Crippen LogP contribution in [0.2, 0.25) is 0 Å². The van der Waals surface area contributed by atoms with Crippen LogP contribution in [0.1, 0.15) is 28.4 Å². The Kier molecular flexibility index (Phi) is 3.73. The monoisotopic (exact) mass is 284 g/mol. The number of amides is 1. The summed E-state index contributed by atoms with van der Waals surface area (Å²) in [5, 5.41) is 0. The van der Waals surface area contributed by atoms with Crippen LogP contribution in [0, 0.1) is 12.8 Å². The summed E-state index contributed by atoms with van der Waals surface area (Å²) >= 11 is 0. The highest BCUT2D eigenvalue weighted by Gasteiger charge is 2.23. The van der Waals surface area contributed by atoms with Crippen molar-refractivity contribution in [2.24, 2.45) is 5.92 Å². The van der Waals surface area contributed by atoms with Gasteiger partial charge in [0.15, 0.2) is 0 Å². The lowest BCUT2D eigenvalue weighted by atomic mass is 9.97. The number of pyridine rings is 1. The third-order valence-corrected chi connectivity index (χ3v) is 4.04. The van der Waals surface area contributed by atoms with Gasteiger partial charge in [0.2, 0.25) is 0 Å². The van der Waals surface area contributed by atoms with Crippen LogP contribution >= 0.6 is 0 Å². The molecule has 2 aromatic heterocycles. The topological polar surface area (TPSA) is 51.0 Å². The van der Waals surface area contributed by atoms with Crippen molar-refractivity contribution in [3.63, 3.8) is 0 Å². The van der Waals surface area contributed by atoms with E-state index in [2.05, 4.69) is 14.5 Å². The molecule has 1 aliphatic heterocycles. The van der Waals surface area contributed by atoms with E-state index in [1.807, 2.05) is 38.5 Å². The molecule has 0 fully saturated rings. The van der Waals surface area contributed by atoms with Crippen molar-refractivity contribution < 1.29 is 4.79 Å². The lowest BCUT2D eigenvalue weighted by Gasteiger charge is -2.27. The minimum Gasteiger partial charge on any atom is -0.340 e. The second-order valence-corrected chi connectivity index (χ2v) is 5.75. The lowest BCUT2D eigenvalue weighted by Crippen LogP contribution is -2.35. The Labute approximate surface area is 124 Å². The summed E-state index contributed by atoms with van der Waals surface area (Å²) in [5.41, 5.74) is 1.39. The van der Waals surface area contributed by atoms with Crippen LogP contribution in [0.15, 0.2) is 30.6 Å². The number of hydrogen-bond donors (Lipinski definition) is 0. The van der Waals surface area contributed by atoms with Gasteiger partial charge in [0.1, 0.15) is 11.5 Å². The van der Waals surface area contributed by atoms with Gasteiger partial charge >= 0.3 is 0 Å². The van der Waals surface area contributed by atoms with Crippen LogP contribution in [0.4, 0.5) is 0 Å². The van der Waals surface area contributed by atoms with Crippen molar-refractivity contribution in [3.8, 4) is 0 Å². The van der Waals surface area contributed by atoms with Crippen LogP contribution in [0.25, 0.3) is 0 Å². The summed E-state index contributed by atoms with van der Waals surface area (Å²) in [6.07, 6.45) is 5.90. The number of carbonyl (C=O) groups excluding carboxylic acids is 1. The highest BCUT2D eigenvalue weighted by atomic mass is 16.2. The van der Waals surface area contributed by atoms with Crippen molar-refractivity contribution in [3.05, 3.63) is 47.8 Å². The molecule has 5 heteroatoms. The Bertz CT molecular complexity index is 649. The van der Waals surface area contributed by atoms with E-state index in [-0.39, 0.29) is 5.91 Å².